The van der Waals surface area contributed by atoms with Crippen molar-refractivity contribution in [2.24, 2.45) is 0 Å². The van der Waals surface area contributed by atoms with Gasteiger partial charge in [0.2, 0.25) is 5.78 Å². The fourth-order valence-electron chi connectivity index (χ4n) is 2.29. The second-order valence-corrected chi connectivity index (χ2v) is 6.98. The molecule has 0 aromatic heterocycles. The van der Waals surface area contributed by atoms with E-state index in [1.165, 1.54) is 37.5 Å². The van der Waals surface area contributed by atoms with E-state index in [2.05, 4.69) is 0 Å². The molecule has 0 atom stereocenters. The normalized spacial score (nSPS) is 11.4. The zero-order valence-corrected chi connectivity index (χ0v) is 16.5. The first-order valence-electron chi connectivity index (χ1n) is 8.64. The van der Waals surface area contributed by atoms with E-state index in [0.717, 1.165) is 12.1 Å². The minimum atomic E-state index is -0.886. The van der Waals surface area contributed by atoms with Crippen LogP contribution in [0.15, 0.2) is 48.0 Å². The topological polar surface area (TPSA) is 85.6 Å². The molecule has 7 heteroatoms. The summed E-state index contributed by atoms with van der Waals surface area (Å²) in [4.78, 5) is 24.3. The predicted molar refractivity (Wildman–Crippen MR) is 104 cm³/mol. The van der Waals surface area contributed by atoms with Crippen LogP contribution in [0.4, 0.5) is 9.18 Å². The summed E-state index contributed by atoms with van der Waals surface area (Å²) >= 11 is 0. The van der Waals surface area contributed by atoms with Gasteiger partial charge in [-0.1, -0.05) is 6.07 Å². The van der Waals surface area contributed by atoms with Gasteiger partial charge in [-0.2, -0.15) is 5.26 Å². The zero-order valence-electron chi connectivity index (χ0n) is 16.5. The van der Waals surface area contributed by atoms with E-state index >= 15 is 0 Å². The summed E-state index contributed by atoms with van der Waals surface area (Å²) in [5.74, 6) is -0.673. The summed E-state index contributed by atoms with van der Waals surface area (Å²) in [6.07, 6.45) is 0.481. The first-order chi connectivity index (χ1) is 13.6. The van der Waals surface area contributed by atoms with Crippen LogP contribution in [0.25, 0.3) is 6.08 Å². The number of carbonyl (C=O) groups excluding carboxylic acids is 2. The largest absolute Gasteiger partial charge is 0.514 e. The molecule has 0 unspecified atom stereocenters. The van der Waals surface area contributed by atoms with Gasteiger partial charge in [0.1, 0.15) is 23.1 Å². The molecule has 0 amide bonds. The molecule has 150 valence electrons. The first kappa shape index (κ1) is 21.6. The van der Waals surface area contributed by atoms with Gasteiger partial charge in [0.05, 0.1) is 7.11 Å². The Kier molecular flexibility index (Phi) is 6.73. The molecule has 0 aliphatic carbocycles. The highest BCUT2D eigenvalue weighted by atomic mass is 19.1. The van der Waals surface area contributed by atoms with Crippen LogP contribution in [0.1, 0.15) is 36.7 Å². The molecule has 0 N–H and O–H groups in total. The number of rotatable bonds is 5. The van der Waals surface area contributed by atoms with Crippen LogP contribution in [0, 0.1) is 17.1 Å². The maximum atomic E-state index is 13.0. The Bertz CT molecular complexity index is 982. The van der Waals surface area contributed by atoms with Crippen LogP contribution in [-0.2, 0) is 4.74 Å². The molecule has 0 spiro atoms. The van der Waals surface area contributed by atoms with Crippen LogP contribution in [0.5, 0.6) is 11.5 Å². The first-order valence-corrected chi connectivity index (χ1v) is 8.64. The van der Waals surface area contributed by atoms with Gasteiger partial charge < -0.3 is 14.2 Å². The molecule has 0 radical (unpaired) electrons. The lowest BCUT2D eigenvalue weighted by molar-refractivity contribution is 0.0201. The van der Waals surface area contributed by atoms with Crippen molar-refractivity contribution in [3.8, 4) is 17.6 Å². The maximum absolute atomic E-state index is 13.0. The molecule has 0 aliphatic rings. The van der Waals surface area contributed by atoms with Gasteiger partial charge >= 0.3 is 6.16 Å². The number of allylic oxidation sites excluding steroid dienone is 1. The summed E-state index contributed by atoms with van der Waals surface area (Å²) < 4.78 is 28.5. The number of methoxy groups -OCH3 is 1. The smallest absolute Gasteiger partial charge is 0.493 e. The molecule has 0 heterocycles. The molecule has 0 saturated heterocycles. The maximum Gasteiger partial charge on any atom is 0.514 e. The second kappa shape index (κ2) is 9.02. The third-order valence-corrected chi connectivity index (χ3v) is 3.55. The van der Waals surface area contributed by atoms with Crippen molar-refractivity contribution in [3.05, 3.63) is 65.0 Å². The molecule has 2 aromatic carbocycles. The quantitative estimate of drug-likeness (QED) is 0.234. The molecule has 0 aliphatic heterocycles. The zero-order chi connectivity index (χ0) is 21.6. The third-order valence-electron chi connectivity index (χ3n) is 3.55. The van der Waals surface area contributed by atoms with Crippen molar-refractivity contribution >= 4 is 18.0 Å². The Morgan fingerprint density at radius 1 is 1.07 bits per heavy atom. The molecular formula is C22H20FNO5. The summed E-state index contributed by atoms with van der Waals surface area (Å²) in [6.45, 7) is 5.13. The van der Waals surface area contributed by atoms with E-state index in [1.54, 1.807) is 26.8 Å². The number of ketones is 1. The number of benzene rings is 2. The number of ether oxygens (including phenoxy) is 3. The number of halogens is 1. The van der Waals surface area contributed by atoms with Crippen molar-refractivity contribution in [2.75, 3.05) is 7.11 Å². The van der Waals surface area contributed by atoms with E-state index in [4.69, 9.17) is 14.2 Å². The van der Waals surface area contributed by atoms with Gasteiger partial charge in [0, 0.05) is 5.56 Å². The molecule has 2 aromatic rings. The van der Waals surface area contributed by atoms with Gasteiger partial charge in [0.15, 0.2) is 11.5 Å². The SMILES string of the molecule is COc1cc(/C=C(\C#N)C(=O)c2ccc(F)cc2)ccc1OC(=O)OC(C)(C)C. The van der Waals surface area contributed by atoms with Crippen LogP contribution in [0.3, 0.4) is 0 Å². The summed E-state index contributed by atoms with van der Waals surface area (Å²) in [5.41, 5.74) is -0.184. The highest BCUT2D eigenvalue weighted by Crippen LogP contribution is 2.30. The van der Waals surface area contributed by atoms with Gasteiger partial charge in [-0.3, -0.25) is 4.79 Å². The number of hydrogen-bond acceptors (Lipinski definition) is 6. The average molecular weight is 397 g/mol. The van der Waals surface area contributed by atoms with E-state index in [0.29, 0.717) is 5.56 Å². The van der Waals surface area contributed by atoms with Crippen molar-refractivity contribution in [3.63, 3.8) is 0 Å². The van der Waals surface area contributed by atoms with Crippen LogP contribution < -0.4 is 9.47 Å². The van der Waals surface area contributed by atoms with Gasteiger partial charge in [0.25, 0.3) is 0 Å². The van der Waals surface area contributed by atoms with E-state index < -0.39 is 23.4 Å². The Morgan fingerprint density at radius 2 is 1.72 bits per heavy atom. The van der Waals surface area contributed by atoms with Crippen molar-refractivity contribution in [1.82, 2.24) is 0 Å². The molecule has 29 heavy (non-hydrogen) atoms. The lowest BCUT2D eigenvalue weighted by Gasteiger charge is -2.19. The summed E-state index contributed by atoms with van der Waals surface area (Å²) in [7, 11) is 1.39. The molecule has 0 fully saturated rings. The highest BCUT2D eigenvalue weighted by Gasteiger charge is 2.20. The van der Waals surface area contributed by atoms with Crippen LogP contribution in [0.2, 0.25) is 0 Å². The van der Waals surface area contributed by atoms with Crippen molar-refractivity contribution in [1.29, 1.82) is 5.26 Å². The van der Waals surface area contributed by atoms with Crippen LogP contribution in [-0.4, -0.2) is 24.6 Å². The van der Waals surface area contributed by atoms with Gasteiger partial charge in [-0.25, -0.2) is 9.18 Å². The molecular weight excluding hydrogens is 377 g/mol. The van der Waals surface area contributed by atoms with E-state index in [1.807, 2.05) is 6.07 Å². The number of Topliss-reactive ketones (excluding diaryl/α,β-unsaturated/α-hetero) is 1. The number of carbonyl (C=O) groups is 2. The lowest BCUT2D eigenvalue weighted by Crippen LogP contribution is -2.26. The number of hydrogen-bond donors (Lipinski definition) is 0. The van der Waals surface area contributed by atoms with E-state index in [9.17, 15) is 19.2 Å². The number of nitrogens with zero attached hydrogens (tertiary/aromatic N) is 1. The second-order valence-electron chi connectivity index (χ2n) is 6.98. The minimum absolute atomic E-state index is 0.127. The van der Waals surface area contributed by atoms with Crippen molar-refractivity contribution < 1.29 is 28.2 Å². The summed E-state index contributed by atoms with van der Waals surface area (Å²) in [5, 5.41) is 9.35. The molecule has 0 bridgehead atoms. The van der Waals surface area contributed by atoms with Gasteiger partial charge in [-0.05, 0) is 68.8 Å². The predicted octanol–water partition coefficient (Wildman–Crippen LogP) is 4.94. The number of nitriles is 1. The third kappa shape index (κ3) is 6.18. The molecule has 6 nitrogen and oxygen atoms in total. The Hall–Kier alpha value is -3.66. The molecule has 0 saturated carbocycles. The fraction of sp³-hybridized carbons (Fsp3) is 0.227. The fourth-order valence-corrected chi connectivity index (χ4v) is 2.29. The average Bonchev–Trinajstić information content (AvgIpc) is 2.65. The molecule has 2 rings (SSSR count). The van der Waals surface area contributed by atoms with Gasteiger partial charge in [-0.15, -0.1) is 0 Å². The van der Waals surface area contributed by atoms with E-state index in [-0.39, 0.29) is 22.6 Å². The Balaban J connectivity index is 2.27. The van der Waals surface area contributed by atoms with Crippen molar-refractivity contribution in [2.45, 2.75) is 26.4 Å². The Morgan fingerprint density at radius 3 is 2.28 bits per heavy atom. The summed E-state index contributed by atoms with van der Waals surface area (Å²) in [6, 6.07) is 11.3. The minimum Gasteiger partial charge on any atom is -0.493 e. The van der Waals surface area contributed by atoms with Crippen LogP contribution >= 0.6 is 0 Å². The standard InChI is InChI=1S/C22H20FNO5/c1-22(2,3)29-21(26)28-18-10-5-14(12-19(18)27-4)11-16(13-24)20(25)15-6-8-17(23)9-7-15/h5-12H,1-4H3/b16-11+. The monoisotopic (exact) mass is 397 g/mol. The highest BCUT2D eigenvalue weighted by molar-refractivity contribution is 6.14. The lowest BCUT2D eigenvalue weighted by atomic mass is 10.0. The Labute approximate surface area is 168 Å².